The van der Waals surface area contributed by atoms with Crippen molar-refractivity contribution in [3.8, 4) is 5.75 Å². The standard InChI is InChI=1S/C20H21NO4S/c1-3-23-19(22)15-6-8-16(9-7-15)24-11-4-12-26-20-21-17-10-5-14(2)13-18(17)25-20/h5-10,13H,3-4,11-12H2,1-2H3. The Morgan fingerprint density at radius 1 is 1.19 bits per heavy atom. The van der Waals surface area contributed by atoms with E-state index >= 15 is 0 Å². The molecule has 0 unspecified atom stereocenters. The van der Waals surface area contributed by atoms with Crippen LogP contribution in [0.3, 0.4) is 0 Å². The molecule has 0 N–H and O–H groups in total. The van der Waals surface area contributed by atoms with Gasteiger partial charge in [-0.1, -0.05) is 17.8 Å². The zero-order chi connectivity index (χ0) is 18.4. The minimum Gasteiger partial charge on any atom is -0.494 e. The first-order chi connectivity index (χ1) is 12.7. The second-order valence-corrected chi connectivity index (χ2v) is 6.79. The van der Waals surface area contributed by atoms with Gasteiger partial charge in [0.25, 0.3) is 5.22 Å². The monoisotopic (exact) mass is 371 g/mol. The van der Waals surface area contributed by atoms with Crippen LogP contribution in [0, 0.1) is 6.92 Å². The third-order valence-corrected chi connectivity index (χ3v) is 4.59. The van der Waals surface area contributed by atoms with Crippen LogP contribution in [0.15, 0.2) is 52.1 Å². The van der Waals surface area contributed by atoms with E-state index < -0.39 is 0 Å². The minimum absolute atomic E-state index is 0.316. The Bertz CT molecular complexity index is 873. The van der Waals surface area contributed by atoms with Crippen molar-refractivity contribution in [1.82, 2.24) is 4.98 Å². The van der Waals surface area contributed by atoms with Gasteiger partial charge in [0.15, 0.2) is 5.58 Å². The molecule has 0 saturated heterocycles. The Morgan fingerprint density at radius 2 is 2.00 bits per heavy atom. The second-order valence-electron chi connectivity index (χ2n) is 5.75. The molecule has 0 radical (unpaired) electrons. The van der Waals surface area contributed by atoms with E-state index in [-0.39, 0.29) is 5.97 Å². The number of thioether (sulfide) groups is 1. The first-order valence-electron chi connectivity index (χ1n) is 8.55. The van der Waals surface area contributed by atoms with Crippen LogP contribution in [0.4, 0.5) is 0 Å². The molecular weight excluding hydrogens is 350 g/mol. The van der Waals surface area contributed by atoms with Crippen molar-refractivity contribution in [2.75, 3.05) is 19.0 Å². The van der Waals surface area contributed by atoms with Crippen molar-refractivity contribution in [2.24, 2.45) is 0 Å². The topological polar surface area (TPSA) is 61.6 Å². The van der Waals surface area contributed by atoms with E-state index in [0.29, 0.717) is 24.0 Å². The number of oxazole rings is 1. The molecule has 1 heterocycles. The Labute approximate surface area is 156 Å². The van der Waals surface area contributed by atoms with E-state index in [9.17, 15) is 4.79 Å². The first kappa shape index (κ1) is 18.3. The van der Waals surface area contributed by atoms with Gasteiger partial charge in [0, 0.05) is 5.75 Å². The smallest absolute Gasteiger partial charge is 0.338 e. The highest BCUT2D eigenvalue weighted by atomic mass is 32.2. The Morgan fingerprint density at radius 3 is 2.77 bits per heavy atom. The summed E-state index contributed by atoms with van der Waals surface area (Å²) >= 11 is 1.58. The van der Waals surface area contributed by atoms with Crippen LogP contribution in [0.2, 0.25) is 0 Å². The molecular formula is C20H21NO4S. The summed E-state index contributed by atoms with van der Waals surface area (Å²) in [6, 6.07) is 13.0. The highest BCUT2D eigenvalue weighted by Gasteiger charge is 2.07. The van der Waals surface area contributed by atoms with E-state index in [4.69, 9.17) is 13.9 Å². The van der Waals surface area contributed by atoms with Crippen LogP contribution in [0.1, 0.15) is 29.3 Å². The number of fused-ring (bicyclic) bond motifs is 1. The van der Waals surface area contributed by atoms with E-state index in [2.05, 4.69) is 4.98 Å². The van der Waals surface area contributed by atoms with Crippen LogP contribution in [0.25, 0.3) is 11.1 Å². The maximum Gasteiger partial charge on any atom is 0.338 e. The van der Waals surface area contributed by atoms with Gasteiger partial charge in [0.1, 0.15) is 11.3 Å². The van der Waals surface area contributed by atoms with Crippen LogP contribution in [-0.2, 0) is 4.74 Å². The molecule has 0 aliphatic carbocycles. The van der Waals surface area contributed by atoms with Gasteiger partial charge in [-0.3, -0.25) is 0 Å². The van der Waals surface area contributed by atoms with Crippen LogP contribution >= 0.6 is 11.8 Å². The average molecular weight is 371 g/mol. The van der Waals surface area contributed by atoms with Gasteiger partial charge in [-0.25, -0.2) is 9.78 Å². The lowest BCUT2D eigenvalue weighted by atomic mass is 10.2. The van der Waals surface area contributed by atoms with E-state index in [1.165, 1.54) is 0 Å². The summed E-state index contributed by atoms with van der Waals surface area (Å²) in [5, 5.41) is 0.685. The van der Waals surface area contributed by atoms with Gasteiger partial charge < -0.3 is 13.9 Å². The van der Waals surface area contributed by atoms with E-state index in [1.54, 1.807) is 43.0 Å². The molecule has 0 aliphatic rings. The number of benzene rings is 2. The van der Waals surface area contributed by atoms with Gasteiger partial charge in [-0.05, 0) is 62.2 Å². The Balaban J connectivity index is 1.41. The summed E-state index contributed by atoms with van der Waals surface area (Å²) < 4.78 is 16.4. The molecule has 3 rings (SSSR count). The average Bonchev–Trinajstić information content (AvgIpc) is 3.04. The lowest BCUT2D eigenvalue weighted by Gasteiger charge is -2.06. The molecule has 0 bridgehead atoms. The number of ether oxygens (including phenoxy) is 2. The van der Waals surface area contributed by atoms with E-state index in [1.807, 2.05) is 25.1 Å². The summed E-state index contributed by atoms with van der Waals surface area (Å²) in [4.78, 5) is 16.1. The molecule has 1 aromatic heterocycles. The number of aromatic nitrogens is 1. The number of hydrogen-bond acceptors (Lipinski definition) is 6. The van der Waals surface area contributed by atoms with Crippen molar-refractivity contribution < 1.29 is 18.7 Å². The van der Waals surface area contributed by atoms with Crippen molar-refractivity contribution in [2.45, 2.75) is 25.5 Å². The number of rotatable bonds is 8. The number of hydrogen-bond donors (Lipinski definition) is 0. The SMILES string of the molecule is CCOC(=O)c1ccc(OCCCSc2nc3ccc(C)cc3o2)cc1. The molecule has 0 fully saturated rings. The molecule has 5 nitrogen and oxygen atoms in total. The quantitative estimate of drug-likeness (QED) is 0.320. The highest BCUT2D eigenvalue weighted by Crippen LogP contribution is 2.24. The largest absolute Gasteiger partial charge is 0.494 e. The summed E-state index contributed by atoms with van der Waals surface area (Å²) in [6.45, 7) is 4.78. The molecule has 3 aromatic rings. The minimum atomic E-state index is -0.316. The van der Waals surface area contributed by atoms with Crippen molar-refractivity contribution in [1.29, 1.82) is 0 Å². The predicted molar refractivity (Wildman–Crippen MR) is 102 cm³/mol. The van der Waals surface area contributed by atoms with Crippen molar-refractivity contribution >= 4 is 28.8 Å². The third kappa shape index (κ3) is 4.79. The zero-order valence-electron chi connectivity index (χ0n) is 14.9. The molecule has 0 atom stereocenters. The van der Waals surface area contributed by atoms with Gasteiger partial charge >= 0.3 is 5.97 Å². The lowest BCUT2D eigenvalue weighted by molar-refractivity contribution is 0.0526. The molecule has 2 aromatic carbocycles. The van der Waals surface area contributed by atoms with Gasteiger partial charge in [-0.15, -0.1) is 0 Å². The van der Waals surface area contributed by atoms with Gasteiger partial charge in [-0.2, -0.15) is 0 Å². The number of esters is 1. The molecule has 0 saturated carbocycles. The fraction of sp³-hybridized carbons (Fsp3) is 0.300. The summed E-state index contributed by atoms with van der Waals surface area (Å²) in [6.07, 6.45) is 0.863. The number of carbonyl (C=O) groups is 1. The fourth-order valence-corrected chi connectivity index (χ4v) is 3.13. The second kappa shape index (κ2) is 8.76. The van der Waals surface area contributed by atoms with Gasteiger partial charge in [0.05, 0.1) is 18.8 Å². The van der Waals surface area contributed by atoms with Crippen molar-refractivity contribution in [3.05, 3.63) is 53.6 Å². The summed E-state index contributed by atoms with van der Waals surface area (Å²) in [5.41, 5.74) is 3.40. The molecule has 136 valence electrons. The molecule has 0 aliphatic heterocycles. The molecule has 6 heteroatoms. The Hall–Kier alpha value is -2.47. The maximum absolute atomic E-state index is 11.6. The molecule has 0 spiro atoms. The van der Waals surface area contributed by atoms with Crippen LogP contribution in [-0.4, -0.2) is 29.9 Å². The third-order valence-electron chi connectivity index (χ3n) is 3.67. The predicted octanol–water partition coefficient (Wildman–Crippen LogP) is 4.87. The summed E-state index contributed by atoms with van der Waals surface area (Å²) in [7, 11) is 0. The highest BCUT2D eigenvalue weighted by molar-refractivity contribution is 7.99. The van der Waals surface area contributed by atoms with Crippen LogP contribution in [0.5, 0.6) is 5.75 Å². The first-order valence-corrected chi connectivity index (χ1v) is 9.54. The zero-order valence-corrected chi connectivity index (χ0v) is 15.7. The fourth-order valence-electron chi connectivity index (χ4n) is 2.38. The van der Waals surface area contributed by atoms with Crippen LogP contribution < -0.4 is 4.74 Å². The number of aryl methyl sites for hydroxylation is 1. The molecule has 26 heavy (non-hydrogen) atoms. The molecule has 0 amide bonds. The maximum atomic E-state index is 11.6. The van der Waals surface area contributed by atoms with E-state index in [0.717, 1.165) is 34.6 Å². The normalized spacial score (nSPS) is 10.8. The number of carbonyl (C=O) groups excluding carboxylic acids is 1. The van der Waals surface area contributed by atoms with Gasteiger partial charge in [0.2, 0.25) is 0 Å². The lowest BCUT2D eigenvalue weighted by Crippen LogP contribution is -2.04. The van der Waals surface area contributed by atoms with Crippen molar-refractivity contribution in [3.63, 3.8) is 0 Å². The number of nitrogens with zero attached hydrogens (tertiary/aromatic N) is 1. The summed E-state index contributed by atoms with van der Waals surface area (Å²) in [5.74, 6) is 1.27. The Kier molecular flexibility index (Phi) is 6.17.